The van der Waals surface area contributed by atoms with E-state index in [4.69, 9.17) is 15.0 Å². The fourth-order valence-electron chi connectivity index (χ4n) is 7.80. The monoisotopic (exact) mass is 655 g/mol. The van der Waals surface area contributed by atoms with Gasteiger partial charge in [0.2, 0.25) is 0 Å². The standard InChI is InChI=1S/C46H29N3S/c1-4-14-30(15-5-1)43-47-44(49-45(48-43)32-25-27-42-38(29-32)36-21-11-13-23-41(36)50-42)31-24-26-40-37(28-31)35-20-10-12-22-39(35)46(40,33-16-6-2-7-17-33)34-18-8-3-9-19-34/h1-29H. The van der Waals surface area contributed by atoms with Gasteiger partial charge in [0, 0.05) is 36.9 Å². The molecule has 0 bridgehead atoms. The molecule has 4 heteroatoms. The van der Waals surface area contributed by atoms with Gasteiger partial charge in [-0.2, -0.15) is 0 Å². The maximum absolute atomic E-state index is 5.19. The van der Waals surface area contributed by atoms with Crippen molar-refractivity contribution in [1.29, 1.82) is 0 Å². The summed E-state index contributed by atoms with van der Waals surface area (Å²) in [5, 5.41) is 2.48. The lowest BCUT2D eigenvalue weighted by atomic mass is 9.67. The van der Waals surface area contributed by atoms with E-state index in [-0.39, 0.29) is 0 Å². The number of hydrogen-bond acceptors (Lipinski definition) is 4. The Bertz CT molecular complexity index is 2660. The van der Waals surface area contributed by atoms with Crippen molar-refractivity contribution in [3.05, 3.63) is 198 Å². The van der Waals surface area contributed by atoms with Crippen LogP contribution in [0.2, 0.25) is 0 Å². The summed E-state index contributed by atoms with van der Waals surface area (Å²) in [6.45, 7) is 0. The molecule has 0 radical (unpaired) electrons. The molecule has 0 atom stereocenters. The number of benzene rings is 7. The van der Waals surface area contributed by atoms with Gasteiger partial charge in [-0.05, 0) is 63.7 Å². The van der Waals surface area contributed by atoms with Crippen LogP contribution < -0.4 is 0 Å². The molecular weight excluding hydrogens is 627 g/mol. The normalized spacial score (nSPS) is 13.0. The van der Waals surface area contributed by atoms with E-state index in [9.17, 15) is 0 Å². The van der Waals surface area contributed by atoms with Crippen LogP contribution in [0.25, 0.3) is 65.5 Å². The largest absolute Gasteiger partial charge is 0.208 e. The summed E-state index contributed by atoms with van der Waals surface area (Å²) < 4.78 is 2.53. The smallest absolute Gasteiger partial charge is 0.164 e. The molecule has 0 aliphatic heterocycles. The minimum Gasteiger partial charge on any atom is -0.208 e. The molecule has 3 nitrogen and oxygen atoms in total. The van der Waals surface area contributed by atoms with Crippen molar-refractivity contribution in [3.63, 3.8) is 0 Å². The first kappa shape index (κ1) is 28.8. The lowest BCUT2D eigenvalue weighted by Gasteiger charge is -2.33. The van der Waals surface area contributed by atoms with E-state index in [0.29, 0.717) is 17.5 Å². The van der Waals surface area contributed by atoms with Crippen LogP contribution in [0.1, 0.15) is 22.3 Å². The predicted molar refractivity (Wildman–Crippen MR) is 206 cm³/mol. The highest BCUT2D eigenvalue weighted by Gasteiger charge is 2.46. The molecule has 2 heterocycles. The first-order valence-electron chi connectivity index (χ1n) is 16.9. The van der Waals surface area contributed by atoms with Gasteiger partial charge < -0.3 is 0 Å². The number of nitrogens with zero attached hydrogens (tertiary/aromatic N) is 3. The lowest BCUT2D eigenvalue weighted by Crippen LogP contribution is -2.28. The first-order chi connectivity index (χ1) is 24.8. The van der Waals surface area contributed by atoms with Gasteiger partial charge in [0.25, 0.3) is 0 Å². The molecule has 0 N–H and O–H groups in total. The van der Waals surface area contributed by atoms with Crippen molar-refractivity contribution < 1.29 is 0 Å². The molecule has 7 aromatic carbocycles. The van der Waals surface area contributed by atoms with E-state index < -0.39 is 5.41 Å². The summed E-state index contributed by atoms with van der Waals surface area (Å²) in [6.07, 6.45) is 0. The Balaban J connectivity index is 1.20. The molecule has 0 amide bonds. The fourth-order valence-corrected chi connectivity index (χ4v) is 8.89. The Hall–Kier alpha value is -6.23. The second kappa shape index (κ2) is 11.4. The average Bonchev–Trinajstić information content (AvgIpc) is 3.72. The van der Waals surface area contributed by atoms with E-state index in [1.807, 2.05) is 29.5 Å². The molecule has 9 aromatic rings. The number of aromatic nitrogens is 3. The van der Waals surface area contributed by atoms with E-state index in [1.165, 1.54) is 53.6 Å². The lowest BCUT2D eigenvalue weighted by molar-refractivity contribution is 0.768. The van der Waals surface area contributed by atoms with Crippen LogP contribution in [-0.4, -0.2) is 15.0 Å². The van der Waals surface area contributed by atoms with Gasteiger partial charge in [-0.15, -0.1) is 11.3 Å². The van der Waals surface area contributed by atoms with E-state index in [2.05, 4.69) is 158 Å². The number of fused-ring (bicyclic) bond motifs is 6. The third-order valence-electron chi connectivity index (χ3n) is 10.0. The number of hydrogen-bond donors (Lipinski definition) is 0. The van der Waals surface area contributed by atoms with Crippen LogP contribution in [0.3, 0.4) is 0 Å². The quantitative estimate of drug-likeness (QED) is 0.185. The van der Waals surface area contributed by atoms with Gasteiger partial charge in [-0.1, -0.05) is 146 Å². The zero-order chi connectivity index (χ0) is 33.1. The van der Waals surface area contributed by atoms with Crippen LogP contribution in [-0.2, 0) is 5.41 Å². The van der Waals surface area contributed by atoms with Crippen molar-refractivity contribution >= 4 is 31.5 Å². The Labute approximate surface area is 294 Å². The number of thiophene rings is 1. The highest BCUT2D eigenvalue weighted by molar-refractivity contribution is 7.25. The predicted octanol–water partition coefficient (Wildman–Crippen LogP) is 11.6. The van der Waals surface area contributed by atoms with Crippen LogP contribution >= 0.6 is 11.3 Å². The Morgan fingerprint density at radius 1 is 0.360 bits per heavy atom. The van der Waals surface area contributed by atoms with Crippen LogP contribution in [0.4, 0.5) is 0 Å². The minimum atomic E-state index is -0.453. The zero-order valence-corrected chi connectivity index (χ0v) is 27.8. The molecule has 1 aliphatic rings. The van der Waals surface area contributed by atoms with Crippen LogP contribution in [0.5, 0.6) is 0 Å². The van der Waals surface area contributed by atoms with Gasteiger partial charge >= 0.3 is 0 Å². The SMILES string of the molecule is c1ccc(-c2nc(-c3ccc4c(c3)-c3ccccc3C4(c3ccccc3)c3ccccc3)nc(-c3ccc4sc5ccccc5c4c3)n2)cc1. The Kier molecular flexibility index (Phi) is 6.58. The molecule has 1 aliphatic carbocycles. The molecular formula is C46H29N3S. The van der Waals surface area contributed by atoms with Gasteiger partial charge in [0.15, 0.2) is 17.5 Å². The second-order valence-electron chi connectivity index (χ2n) is 12.8. The molecule has 0 spiro atoms. The average molecular weight is 656 g/mol. The van der Waals surface area contributed by atoms with Gasteiger partial charge in [0.05, 0.1) is 5.41 Å². The van der Waals surface area contributed by atoms with E-state index >= 15 is 0 Å². The summed E-state index contributed by atoms with van der Waals surface area (Å²) in [4.78, 5) is 15.4. The summed E-state index contributed by atoms with van der Waals surface area (Å²) in [7, 11) is 0. The summed E-state index contributed by atoms with van der Waals surface area (Å²) in [6, 6.07) is 62.7. The summed E-state index contributed by atoms with van der Waals surface area (Å²) >= 11 is 1.81. The van der Waals surface area contributed by atoms with Crippen molar-refractivity contribution in [2.24, 2.45) is 0 Å². The first-order valence-corrected chi connectivity index (χ1v) is 17.7. The Morgan fingerprint density at radius 3 is 1.60 bits per heavy atom. The third-order valence-corrected chi connectivity index (χ3v) is 11.2. The van der Waals surface area contributed by atoms with Gasteiger partial charge in [-0.3, -0.25) is 0 Å². The molecule has 234 valence electrons. The van der Waals surface area contributed by atoms with Gasteiger partial charge in [0.1, 0.15) is 0 Å². The highest BCUT2D eigenvalue weighted by atomic mass is 32.1. The molecule has 0 saturated heterocycles. The summed E-state index contributed by atoms with van der Waals surface area (Å²) in [5.74, 6) is 1.97. The molecule has 0 saturated carbocycles. The third kappa shape index (κ3) is 4.39. The molecule has 2 aromatic heterocycles. The van der Waals surface area contributed by atoms with Gasteiger partial charge in [-0.25, -0.2) is 15.0 Å². The molecule has 10 rings (SSSR count). The maximum Gasteiger partial charge on any atom is 0.164 e. The molecule has 0 fully saturated rings. The molecule has 0 unspecified atom stereocenters. The molecule has 50 heavy (non-hydrogen) atoms. The van der Waals surface area contributed by atoms with E-state index in [0.717, 1.165) is 16.7 Å². The Morgan fingerprint density at radius 2 is 0.880 bits per heavy atom. The number of rotatable bonds is 5. The van der Waals surface area contributed by atoms with Crippen LogP contribution in [0, 0.1) is 0 Å². The van der Waals surface area contributed by atoms with Crippen molar-refractivity contribution in [2.45, 2.75) is 5.41 Å². The maximum atomic E-state index is 5.19. The van der Waals surface area contributed by atoms with Crippen molar-refractivity contribution in [3.8, 4) is 45.3 Å². The highest BCUT2D eigenvalue weighted by Crippen LogP contribution is 2.56. The summed E-state index contributed by atoms with van der Waals surface area (Å²) in [5.41, 5.74) is 9.88. The second-order valence-corrected chi connectivity index (χ2v) is 13.9. The van der Waals surface area contributed by atoms with Crippen LogP contribution in [0.15, 0.2) is 176 Å². The van der Waals surface area contributed by atoms with Crippen molar-refractivity contribution in [2.75, 3.05) is 0 Å². The minimum absolute atomic E-state index is 0.453. The van der Waals surface area contributed by atoms with E-state index in [1.54, 1.807) is 0 Å². The zero-order valence-electron chi connectivity index (χ0n) is 27.0. The fraction of sp³-hybridized carbons (Fsp3) is 0.0217. The van der Waals surface area contributed by atoms with Crippen molar-refractivity contribution in [1.82, 2.24) is 15.0 Å². The topological polar surface area (TPSA) is 38.7 Å².